The van der Waals surface area contributed by atoms with Crippen molar-refractivity contribution in [3.8, 4) is 0 Å². The van der Waals surface area contributed by atoms with E-state index in [0.717, 1.165) is 16.5 Å². The van der Waals surface area contributed by atoms with Gasteiger partial charge in [-0.05, 0) is 48.4 Å². The number of sulfonamides is 1. The molecular weight excluding hydrogens is 434 g/mol. The second kappa shape index (κ2) is 8.45. The number of aryl methyl sites for hydroxylation is 1. The zero-order valence-corrected chi connectivity index (χ0v) is 18.2. The maximum Gasteiger partial charge on any atom is 0.262 e. The standard InChI is InChI=1S/C23H20ClN3O3S/c1-15-10-11-17(13-22(15)31(29,30)27-21-9-5-3-7-19(21)24)26-23(28)12-16-14-25-20-8-4-2-6-18(16)20/h2-11,13-14,25,27H,12H2,1H3,(H,26,28). The Morgan fingerprint density at radius 3 is 2.58 bits per heavy atom. The summed E-state index contributed by atoms with van der Waals surface area (Å²) >= 11 is 6.08. The fraction of sp³-hybridized carbons (Fsp3) is 0.0870. The van der Waals surface area contributed by atoms with Gasteiger partial charge in [0.2, 0.25) is 5.91 Å². The van der Waals surface area contributed by atoms with Gasteiger partial charge in [-0.2, -0.15) is 0 Å². The molecule has 0 aliphatic carbocycles. The first-order chi connectivity index (χ1) is 14.8. The van der Waals surface area contributed by atoms with Crippen molar-refractivity contribution in [2.24, 2.45) is 0 Å². The Labute approximate surface area is 185 Å². The number of nitrogens with one attached hydrogen (secondary N) is 3. The van der Waals surface area contributed by atoms with Crippen LogP contribution in [-0.4, -0.2) is 19.3 Å². The summed E-state index contributed by atoms with van der Waals surface area (Å²) in [4.78, 5) is 15.8. The summed E-state index contributed by atoms with van der Waals surface area (Å²) in [7, 11) is -3.89. The van der Waals surface area contributed by atoms with Crippen molar-refractivity contribution in [2.45, 2.75) is 18.2 Å². The molecule has 0 unspecified atom stereocenters. The van der Waals surface area contributed by atoms with Crippen molar-refractivity contribution >= 4 is 49.8 Å². The average molecular weight is 454 g/mol. The van der Waals surface area contributed by atoms with Gasteiger partial charge in [-0.1, -0.05) is 48.0 Å². The molecule has 158 valence electrons. The van der Waals surface area contributed by atoms with Gasteiger partial charge in [0, 0.05) is 22.8 Å². The van der Waals surface area contributed by atoms with Crippen LogP contribution in [0.1, 0.15) is 11.1 Å². The van der Waals surface area contributed by atoms with E-state index in [-0.39, 0.29) is 22.9 Å². The van der Waals surface area contributed by atoms with Gasteiger partial charge in [0.05, 0.1) is 22.0 Å². The molecule has 3 aromatic carbocycles. The Hall–Kier alpha value is -3.29. The number of halogens is 1. The lowest BCUT2D eigenvalue weighted by Crippen LogP contribution is -2.17. The molecule has 0 radical (unpaired) electrons. The first-order valence-electron chi connectivity index (χ1n) is 9.56. The van der Waals surface area contributed by atoms with E-state index in [1.54, 1.807) is 43.3 Å². The van der Waals surface area contributed by atoms with Crippen LogP contribution in [0, 0.1) is 6.92 Å². The summed E-state index contributed by atoms with van der Waals surface area (Å²) < 4.78 is 28.4. The molecule has 4 aromatic rings. The number of anilines is 2. The molecule has 1 aromatic heterocycles. The van der Waals surface area contributed by atoms with Crippen LogP contribution in [0.3, 0.4) is 0 Å². The molecular formula is C23H20ClN3O3S. The first-order valence-corrected chi connectivity index (χ1v) is 11.4. The fourth-order valence-corrected chi connectivity index (χ4v) is 4.96. The third-order valence-electron chi connectivity index (χ3n) is 4.91. The van der Waals surface area contributed by atoms with Crippen molar-refractivity contribution in [1.82, 2.24) is 4.98 Å². The molecule has 0 saturated heterocycles. The average Bonchev–Trinajstić information content (AvgIpc) is 3.14. The van der Waals surface area contributed by atoms with E-state index in [1.165, 1.54) is 6.07 Å². The monoisotopic (exact) mass is 453 g/mol. The number of benzene rings is 3. The number of amides is 1. The number of fused-ring (bicyclic) bond motifs is 1. The highest BCUT2D eigenvalue weighted by atomic mass is 35.5. The van der Waals surface area contributed by atoms with Crippen LogP contribution < -0.4 is 10.0 Å². The van der Waals surface area contributed by atoms with Gasteiger partial charge in [-0.15, -0.1) is 0 Å². The highest BCUT2D eigenvalue weighted by Crippen LogP contribution is 2.27. The lowest BCUT2D eigenvalue weighted by molar-refractivity contribution is -0.115. The van der Waals surface area contributed by atoms with E-state index >= 15 is 0 Å². The van der Waals surface area contributed by atoms with Crippen molar-refractivity contribution in [1.29, 1.82) is 0 Å². The zero-order valence-electron chi connectivity index (χ0n) is 16.6. The van der Waals surface area contributed by atoms with Gasteiger partial charge in [0.25, 0.3) is 10.0 Å². The summed E-state index contributed by atoms with van der Waals surface area (Å²) in [5.41, 5.74) is 3.06. The molecule has 1 heterocycles. The second-order valence-corrected chi connectivity index (χ2v) is 9.21. The molecule has 0 bridgehead atoms. The molecule has 0 fully saturated rings. The highest BCUT2D eigenvalue weighted by Gasteiger charge is 2.19. The molecule has 0 spiro atoms. The lowest BCUT2D eigenvalue weighted by Gasteiger charge is -2.13. The summed E-state index contributed by atoms with van der Waals surface area (Å²) in [6.45, 7) is 1.69. The number of hydrogen-bond donors (Lipinski definition) is 3. The van der Waals surface area contributed by atoms with E-state index in [0.29, 0.717) is 16.3 Å². The fourth-order valence-electron chi connectivity index (χ4n) is 3.37. The van der Waals surface area contributed by atoms with E-state index in [1.807, 2.05) is 30.5 Å². The summed E-state index contributed by atoms with van der Waals surface area (Å²) in [6, 6.07) is 19.1. The number of carbonyl (C=O) groups is 1. The van der Waals surface area contributed by atoms with Crippen LogP contribution in [0.4, 0.5) is 11.4 Å². The Morgan fingerprint density at radius 1 is 1.03 bits per heavy atom. The van der Waals surface area contributed by atoms with Gasteiger partial charge in [-0.25, -0.2) is 8.42 Å². The number of rotatable bonds is 6. The van der Waals surface area contributed by atoms with Crippen LogP contribution in [0.25, 0.3) is 10.9 Å². The van der Waals surface area contributed by atoms with Crippen LogP contribution >= 0.6 is 11.6 Å². The molecule has 8 heteroatoms. The summed E-state index contributed by atoms with van der Waals surface area (Å²) in [6.07, 6.45) is 1.97. The highest BCUT2D eigenvalue weighted by molar-refractivity contribution is 7.92. The molecule has 4 rings (SSSR count). The molecule has 0 aliphatic rings. The van der Waals surface area contributed by atoms with Crippen LogP contribution in [0.5, 0.6) is 0 Å². The predicted octanol–water partition coefficient (Wildman–Crippen LogP) is 5.11. The Balaban J connectivity index is 1.54. The van der Waals surface area contributed by atoms with Crippen molar-refractivity contribution in [3.05, 3.63) is 89.1 Å². The number of para-hydroxylation sites is 2. The van der Waals surface area contributed by atoms with E-state index in [4.69, 9.17) is 11.6 Å². The number of aromatic amines is 1. The van der Waals surface area contributed by atoms with Crippen LogP contribution in [0.15, 0.2) is 77.8 Å². The third-order valence-corrected chi connectivity index (χ3v) is 6.74. The van der Waals surface area contributed by atoms with Gasteiger partial charge < -0.3 is 10.3 Å². The second-order valence-electron chi connectivity index (χ2n) is 7.15. The number of H-pyrrole nitrogens is 1. The van der Waals surface area contributed by atoms with Crippen LogP contribution in [0.2, 0.25) is 5.02 Å². The zero-order chi connectivity index (χ0) is 22.0. The molecule has 1 amide bonds. The summed E-state index contributed by atoms with van der Waals surface area (Å²) in [5, 5.41) is 4.07. The molecule has 0 atom stereocenters. The van der Waals surface area contributed by atoms with Gasteiger partial charge in [0.15, 0.2) is 0 Å². The largest absolute Gasteiger partial charge is 0.361 e. The third kappa shape index (κ3) is 4.57. The Bertz CT molecular complexity index is 1380. The quantitative estimate of drug-likeness (QED) is 0.378. The van der Waals surface area contributed by atoms with Gasteiger partial charge in [0.1, 0.15) is 0 Å². The van der Waals surface area contributed by atoms with Gasteiger partial charge >= 0.3 is 0 Å². The van der Waals surface area contributed by atoms with Crippen molar-refractivity contribution in [2.75, 3.05) is 10.0 Å². The smallest absolute Gasteiger partial charge is 0.262 e. The minimum atomic E-state index is -3.89. The molecule has 3 N–H and O–H groups in total. The minimum absolute atomic E-state index is 0.0670. The molecule has 31 heavy (non-hydrogen) atoms. The molecule has 0 aliphatic heterocycles. The Kier molecular flexibility index (Phi) is 5.71. The number of hydrogen-bond acceptors (Lipinski definition) is 3. The molecule has 0 saturated carbocycles. The van der Waals surface area contributed by atoms with Gasteiger partial charge in [-0.3, -0.25) is 9.52 Å². The van der Waals surface area contributed by atoms with Crippen molar-refractivity contribution in [3.63, 3.8) is 0 Å². The first kappa shape index (κ1) is 21.0. The maximum atomic E-state index is 12.9. The topological polar surface area (TPSA) is 91.1 Å². The minimum Gasteiger partial charge on any atom is -0.361 e. The maximum absolute atomic E-state index is 12.9. The lowest BCUT2D eigenvalue weighted by atomic mass is 10.1. The molecule has 6 nitrogen and oxygen atoms in total. The summed E-state index contributed by atoms with van der Waals surface area (Å²) in [5.74, 6) is -0.240. The Morgan fingerprint density at radius 2 is 1.77 bits per heavy atom. The van der Waals surface area contributed by atoms with E-state index in [9.17, 15) is 13.2 Å². The van der Waals surface area contributed by atoms with E-state index in [2.05, 4.69) is 15.0 Å². The number of aromatic nitrogens is 1. The van der Waals surface area contributed by atoms with Crippen LogP contribution in [-0.2, 0) is 21.2 Å². The normalized spacial score (nSPS) is 11.4. The SMILES string of the molecule is Cc1ccc(NC(=O)Cc2c[nH]c3ccccc23)cc1S(=O)(=O)Nc1ccccc1Cl. The van der Waals surface area contributed by atoms with Crippen molar-refractivity contribution < 1.29 is 13.2 Å². The van der Waals surface area contributed by atoms with E-state index < -0.39 is 10.0 Å². The predicted molar refractivity (Wildman–Crippen MR) is 124 cm³/mol. The number of carbonyl (C=O) groups excluding carboxylic acids is 1.